The number of benzene rings is 1. The van der Waals surface area contributed by atoms with Crippen LogP contribution in [0, 0.1) is 23.7 Å². The van der Waals surface area contributed by atoms with Crippen LogP contribution in [0.15, 0.2) is 24.3 Å². The van der Waals surface area contributed by atoms with Gasteiger partial charge in [-0.2, -0.15) is 0 Å². The normalized spacial score (nSPS) is 38.3. The van der Waals surface area contributed by atoms with Gasteiger partial charge in [0.2, 0.25) is 6.29 Å². The predicted octanol–water partition coefficient (Wildman–Crippen LogP) is 4.32. The zero-order chi connectivity index (χ0) is 14.0. The number of rotatable bonds is 5. The lowest BCUT2D eigenvalue weighted by Crippen LogP contribution is -2.61. The van der Waals surface area contributed by atoms with Crippen LogP contribution in [0.5, 0.6) is 5.75 Å². The molecular weight excluding hydrogens is 248 g/mol. The Morgan fingerprint density at radius 1 is 1.10 bits per heavy atom. The van der Waals surface area contributed by atoms with Crippen molar-refractivity contribution in [3.05, 3.63) is 29.8 Å². The zero-order valence-corrected chi connectivity index (χ0v) is 12.7. The van der Waals surface area contributed by atoms with Crippen LogP contribution in [0.2, 0.25) is 0 Å². The van der Waals surface area contributed by atoms with E-state index in [0.29, 0.717) is 10.8 Å². The molecule has 0 bridgehead atoms. The van der Waals surface area contributed by atoms with Gasteiger partial charge in [-0.15, -0.1) is 0 Å². The molecule has 0 radical (unpaired) electrons. The lowest BCUT2D eigenvalue weighted by Gasteiger charge is -2.61. The van der Waals surface area contributed by atoms with Crippen LogP contribution in [-0.2, 0) is 4.74 Å². The van der Waals surface area contributed by atoms with Gasteiger partial charge in [-0.1, -0.05) is 17.7 Å². The van der Waals surface area contributed by atoms with Crippen LogP contribution in [0.4, 0.5) is 0 Å². The number of hydrogen-bond donors (Lipinski definition) is 0. The van der Waals surface area contributed by atoms with Crippen LogP contribution in [0.3, 0.4) is 0 Å². The van der Waals surface area contributed by atoms with Gasteiger partial charge in [0.15, 0.2) is 0 Å². The fourth-order valence-electron chi connectivity index (χ4n) is 4.65. The van der Waals surface area contributed by atoms with Crippen molar-refractivity contribution in [2.24, 2.45) is 16.7 Å². The maximum atomic E-state index is 6.28. The molecule has 108 valence electrons. The molecule has 1 spiro atoms. The molecule has 4 rings (SSSR count). The second kappa shape index (κ2) is 4.00. The molecule has 0 aliphatic heterocycles. The molecule has 3 aliphatic rings. The first-order chi connectivity index (χ1) is 9.56. The van der Waals surface area contributed by atoms with E-state index in [4.69, 9.17) is 9.47 Å². The second-order valence-corrected chi connectivity index (χ2v) is 7.37. The summed E-state index contributed by atoms with van der Waals surface area (Å²) in [7, 11) is 0. The zero-order valence-electron chi connectivity index (χ0n) is 12.7. The summed E-state index contributed by atoms with van der Waals surface area (Å²) in [6, 6.07) is 8.35. The average Bonchev–Trinajstić information content (AvgIpc) is 3.09. The first-order valence-electron chi connectivity index (χ1n) is 7.95. The third-order valence-electron chi connectivity index (χ3n) is 5.96. The molecule has 1 aromatic carbocycles. The highest BCUT2D eigenvalue weighted by atomic mass is 16.7. The minimum atomic E-state index is -0.0577. The minimum absolute atomic E-state index is 0.0577. The van der Waals surface area contributed by atoms with E-state index in [9.17, 15) is 0 Å². The standard InChI is InChI=1S/C18H24O2/c1-12(2)19-16(20-15-6-4-13(3)5-7-15)18-9-8-17(18)10-14(17)11-18/h4-7,12,14,16H,8-11H2,1-3H3. The molecule has 2 heteroatoms. The van der Waals surface area contributed by atoms with Gasteiger partial charge in [0, 0.05) is 5.41 Å². The number of aryl methyl sites for hydroxylation is 1. The molecule has 0 saturated heterocycles. The summed E-state index contributed by atoms with van der Waals surface area (Å²) < 4.78 is 12.5. The van der Waals surface area contributed by atoms with Crippen LogP contribution in [0.1, 0.15) is 45.1 Å². The SMILES string of the molecule is Cc1ccc(OC(OC(C)C)C23CCC24CC4C3)cc1. The highest BCUT2D eigenvalue weighted by Crippen LogP contribution is 2.88. The maximum Gasteiger partial charge on any atom is 0.206 e. The smallest absolute Gasteiger partial charge is 0.206 e. The minimum Gasteiger partial charge on any atom is -0.464 e. The number of ether oxygens (including phenoxy) is 2. The fourth-order valence-corrected chi connectivity index (χ4v) is 4.65. The molecular formula is C18H24O2. The summed E-state index contributed by atoms with van der Waals surface area (Å²) in [5, 5.41) is 0. The van der Waals surface area contributed by atoms with E-state index in [2.05, 4.69) is 45.0 Å². The van der Waals surface area contributed by atoms with E-state index < -0.39 is 0 Å². The monoisotopic (exact) mass is 272 g/mol. The molecule has 3 fully saturated rings. The lowest BCUT2D eigenvalue weighted by molar-refractivity contribution is -0.270. The van der Waals surface area contributed by atoms with E-state index >= 15 is 0 Å². The van der Waals surface area contributed by atoms with Gasteiger partial charge in [0.25, 0.3) is 0 Å². The van der Waals surface area contributed by atoms with Crippen molar-refractivity contribution in [2.45, 2.75) is 58.8 Å². The average molecular weight is 272 g/mol. The Morgan fingerprint density at radius 2 is 1.85 bits per heavy atom. The summed E-state index contributed by atoms with van der Waals surface area (Å²) in [6.07, 6.45) is 5.57. The molecule has 20 heavy (non-hydrogen) atoms. The van der Waals surface area contributed by atoms with Gasteiger partial charge in [-0.05, 0) is 69.9 Å². The van der Waals surface area contributed by atoms with E-state index in [0.717, 1.165) is 11.7 Å². The van der Waals surface area contributed by atoms with Gasteiger partial charge >= 0.3 is 0 Å². The molecule has 2 nitrogen and oxygen atoms in total. The van der Waals surface area contributed by atoms with E-state index in [1.54, 1.807) is 0 Å². The van der Waals surface area contributed by atoms with Crippen LogP contribution in [0.25, 0.3) is 0 Å². The van der Waals surface area contributed by atoms with Crippen molar-refractivity contribution >= 4 is 0 Å². The molecule has 0 heterocycles. The molecule has 3 aliphatic carbocycles. The van der Waals surface area contributed by atoms with Crippen molar-refractivity contribution in [3.8, 4) is 5.75 Å². The predicted molar refractivity (Wildman–Crippen MR) is 78.6 cm³/mol. The summed E-state index contributed by atoms with van der Waals surface area (Å²) in [5.74, 6) is 1.93. The van der Waals surface area contributed by atoms with Gasteiger partial charge in [0.1, 0.15) is 5.75 Å². The Labute approximate surface area is 121 Å². The Balaban J connectivity index is 1.55. The fraction of sp³-hybridized carbons (Fsp3) is 0.667. The summed E-state index contributed by atoms with van der Waals surface area (Å²) >= 11 is 0. The molecule has 1 aromatic rings. The van der Waals surface area contributed by atoms with E-state index in [1.807, 2.05) is 0 Å². The maximum absolute atomic E-state index is 6.28. The van der Waals surface area contributed by atoms with Crippen molar-refractivity contribution in [1.29, 1.82) is 0 Å². The molecule has 0 aromatic heterocycles. The van der Waals surface area contributed by atoms with Crippen LogP contribution in [-0.4, -0.2) is 12.4 Å². The molecule has 0 N–H and O–H groups in total. The largest absolute Gasteiger partial charge is 0.464 e. The first-order valence-corrected chi connectivity index (χ1v) is 7.95. The summed E-state index contributed by atoms with van der Waals surface area (Å²) in [5.41, 5.74) is 2.20. The van der Waals surface area contributed by atoms with Crippen LogP contribution >= 0.6 is 0 Å². The molecule has 3 saturated carbocycles. The Hall–Kier alpha value is -1.02. The summed E-state index contributed by atoms with van der Waals surface area (Å²) in [4.78, 5) is 0. The molecule has 4 atom stereocenters. The van der Waals surface area contributed by atoms with E-state index in [1.165, 1.54) is 31.2 Å². The Bertz CT molecular complexity index is 517. The van der Waals surface area contributed by atoms with Crippen molar-refractivity contribution in [1.82, 2.24) is 0 Å². The Kier molecular flexibility index (Phi) is 2.54. The van der Waals surface area contributed by atoms with Gasteiger partial charge in [-0.25, -0.2) is 0 Å². The summed E-state index contributed by atoms with van der Waals surface area (Å²) in [6.45, 7) is 6.32. The van der Waals surface area contributed by atoms with Gasteiger partial charge in [-0.3, -0.25) is 0 Å². The quantitative estimate of drug-likeness (QED) is 0.743. The van der Waals surface area contributed by atoms with Crippen LogP contribution < -0.4 is 4.74 Å². The van der Waals surface area contributed by atoms with Crippen molar-refractivity contribution < 1.29 is 9.47 Å². The first kappa shape index (κ1) is 12.7. The van der Waals surface area contributed by atoms with Crippen molar-refractivity contribution in [2.75, 3.05) is 0 Å². The van der Waals surface area contributed by atoms with E-state index in [-0.39, 0.29) is 12.4 Å². The number of hydrogen-bond acceptors (Lipinski definition) is 2. The van der Waals surface area contributed by atoms with Gasteiger partial charge < -0.3 is 9.47 Å². The third-order valence-corrected chi connectivity index (χ3v) is 5.96. The second-order valence-electron chi connectivity index (χ2n) is 7.37. The molecule has 0 amide bonds. The topological polar surface area (TPSA) is 18.5 Å². The lowest BCUT2D eigenvalue weighted by atomic mass is 9.46. The Morgan fingerprint density at radius 3 is 2.30 bits per heavy atom. The molecule has 4 unspecified atom stereocenters. The third kappa shape index (κ3) is 1.54. The van der Waals surface area contributed by atoms with Crippen molar-refractivity contribution in [3.63, 3.8) is 0 Å². The highest BCUT2D eigenvalue weighted by molar-refractivity contribution is 5.32. The highest BCUT2D eigenvalue weighted by Gasteiger charge is 2.83. The van der Waals surface area contributed by atoms with Gasteiger partial charge in [0.05, 0.1) is 6.10 Å².